The molecule has 2 fully saturated rings. The van der Waals surface area contributed by atoms with Crippen molar-refractivity contribution in [1.29, 1.82) is 0 Å². The number of carbonyl (C=O) groups excluding carboxylic acids is 2. The minimum absolute atomic E-state index is 0.0330. The third kappa shape index (κ3) is 7.47. The van der Waals surface area contributed by atoms with Crippen LogP contribution in [0.2, 0.25) is 0 Å². The molecule has 0 aromatic carbocycles. The minimum Gasteiger partial charge on any atom is -0.483 e. The van der Waals surface area contributed by atoms with Crippen LogP contribution in [-0.2, 0) is 16.6 Å². The van der Waals surface area contributed by atoms with Crippen LogP contribution in [0.25, 0.3) is 0 Å². The molecular formula is C19H32N6O6. The predicted octanol–water partition coefficient (Wildman–Crippen LogP) is -1.00. The maximum Gasteiger partial charge on any atom is 0.314 e. The number of nitrogens with one attached hydrogen (secondary N) is 2. The summed E-state index contributed by atoms with van der Waals surface area (Å²) in [6.45, 7) is 1.45. The fourth-order valence-corrected chi connectivity index (χ4v) is 3.77. The molecule has 0 radical (unpaired) electrons. The van der Waals surface area contributed by atoms with Crippen molar-refractivity contribution in [2.24, 2.45) is 13.0 Å². The van der Waals surface area contributed by atoms with E-state index in [1.807, 2.05) is 0 Å². The highest BCUT2D eigenvalue weighted by molar-refractivity contribution is 5.90. The number of likely N-dealkylation sites (tertiary alicyclic amines) is 1. The number of hydrogen-bond acceptors (Lipinski definition) is 8. The summed E-state index contributed by atoms with van der Waals surface area (Å²) in [5.41, 5.74) is 0. The van der Waals surface area contributed by atoms with Crippen LogP contribution in [0, 0.1) is 5.92 Å². The monoisotopic (exact) mass is 440 g/mol. The third-order valence-electron chi connectivity index (χ3n) is 5.40. The number of amides is 2. The summed E-state index contributed by atoms with van der Waals surface area (Å²) in [5.74, 6) is 0.427. The van der Waals surface area contributed by atoms with Crippen molar-refractivity contribution in [2.45, 2.75) is 44.2 Å². The molecule has 31 heavy (non-hydrogen) atoms. The molecule has 1 aromatic heterocycles. The SMILES string of the molecule is COc1nc(C(=O)NC[C@@H]2CC[C@H](CC(=O)NCCO)N2CC2CC2)nn1C.O=CO. The van der Waals surface area contributed by atoms with Crippen molar-refractivity contribution in [3.8, 4) is 6.01 Å². The molecule has 1 aromatic rings. The Hall–Kier alpha value is -2.73. The minimum atomic E-state index is -0.325. The fraction of sp³-hybridized carbons (Fsp3) is 0.737. The normalized spacial score (nSPS) is 20.5. The van der Waals surface area contributed by atoms with Crippen LogP contribution in [0.4, 0.5) is 0 Å². The molecule has 0 unspecified atom stereocenters. The van der Waals surface area contributed by atoms with Crippen molar-refractivity contribution in [3.05, 3.63) is 5.82 Å². The van der Waals surface area contributed by atoms with Gasteiger partial charge in [-0.1, -0.05) is 0 Å². The molecule has 2 amide bonds. The van der Waals surface area contributed by atoms with Crippen LogP contribution >= 0.6 is 0 Å². The van der Waals surface area contributed by atoms with Gasteiger partial charge < -0.3 is 25.6 Å². The number of aromatic nitrogens is 3. The van der Waals surface area contributed by atoms with Crippen LogP contribution in [-0.4, -0.2) is 93.6 Å². The van der Waals surface area contributed by atoms with Crippen molar-refractivity contribution in [3.63, 3.8) is 0 Å². The van der Waals surface area contributed by atoms with E-state index in [9.17, 15) is 9.59 Å². The van der Waals surface area contributed by atoms with E-state index in [0.29, 0.717) is 18.9 Å². The third-order valence-corrected chi connectivity index (χ3v) is 5.40. The van der Waals surface area contributed by atoms with Gasteiger partial charge in [0.25, 0.3) is 12.4 Å². The summed E-state index contributed by atoms with van der Waals surface area (Å²) in [5, 5.41) is 25.5. The molecule has 1 aliphatic carbocycles. The number of aliphatic hydroxyl groups excluding tert-OH is 1. The Balaban J connectivity index is 0.00000107. The highest BCUT2D eigenvalue weighted by atomic mass is 16.5. The molecule has 12 nitrogen and oxygen atoms in total. The lowest BCUT2D eigenvalue weighted by Crippen LogP contribution is -2.45. The van der Waals surface area contributed by atoms with Gasteiger partial charge in [0, 0.05) is 45.2 Å². The second-order valence-corrected chi connectivity index (χ2v) is 7.66. The predicted molar refractivity (Wildman–Crippen MR) is 110 cm³/mol. The van der Waals surface area contributed by atoms with Crippen molar-refractivity contribution >= 4 is 18.3 Å². The van der Waals surface area contributed by atoms with Gasteiger partial charge in [0.05, 0.1) is 13.7 Å². The molecule has 2 heterocycles. The van der Waals surface area contributed by atoms with Gasteiger partial charge in [0.1, 0.15) is 0 Å². The molecule has 4 N–H and O–H groups in total. The van der Waals surface area contributed by atoms with Crippen molar-refractivity contribution in [2.75, 3.05) is 33.4 Å². The Labute approximate surface area is 181 Å². The van der Waals surface area contributed by atoms with E-state index in [4.69, 9.17) is 19.7 Å². The van der Waals surface area contributed by atoms with Gasteiger partial charge >= 0.3 is 6.01 Å². The first kappa shape index (κ1) is 24.5. The number of aryl methyl sites for hydroxylation is 1. The topological polar surface area (TPSA) is 159 Å². The van der Waals surface area contributed by atoms with E-state index in [1.54, 1.807) is 7.05 Å². The van der Waals surface area contributed by atoms with Gasteiger partial charge in [-0.05, 0) is 31.6 Å². The van der Waals surface area contributed by atoms with Crippen molar-refractivity contribution < 1.29 is 29.3 Å². The zero-order valence-corrected chi connectivity index (χ0v) is 18.0. The smallest absolute Gasteiger partial charge is 0.314 e. The van der Waals surface area contributed by atoms with Crippen LogP contribution in [0.15, 0.2) is 0 Å². The van der Waals surface area contributed by atoms with E-state index >= 15 is 0 Å². The zero-order chi connectivity index (χ0) is 22.8. The first-order chi connectivity index (χ1) is 14.9. The van der Waals surface area contributed by atoms with Gasteiger partial charge in [0.15, 0.2) is 0 Å². The summed E-state index contributed by atoms with van der Waals surface area (Å²) in [4.78, 5) is 39.3. The zero-order valence-electron chi connectivity index (χ0n) is 18.0. The van der Waals surface area contributed by atoms with E-state index in [0.717, 1.165) is 19.4 Å². The molecule has 174 valence electrons. The van der Waals surface area contributed by atoms with Gasteiger partial charge in [-0.3, -0.25) is 19.3 Å². The lowest BCUT2D eigenvalue weighted by Gasteiger charge is -2.30. The van der Waals surface area contributed by atoms with E-state index in [-0.39, 0.29) is 55.4 Å². The number of aliphatic hydroxyl groups is 1. The van der Waals surface area contributed by atoms with Crippen molar-refractivity contribution in [1.82, 2.24) is 30.3 Å². The second kappa shape index (κ2) is 12.2. The molecule has 2 aliphatic rings. The average Bonchev–Trinajstić information content (AvgIpc) is 3.38. The Morgan fingerprint density at radius 2 is 1.90 bits per heavy atom. The number of nitrogens with zero attached hydrogens (tertiary/aromatic N) is 4. The number of rotatable bonds is 10. The number of ether oxygens (including phenoxy) is 1. The standard InChI is InChI=1S/C18H30N6O4.CH2O2/c1-23-18(28-2)21-16(22-23)17(27)20-10-14-6-5-13(9-15(26)19-7-8-25)24(14)11-12-3-4-12;2-1-3/h12-14,25H,3-11H2,1-2H3,(H,19,26)(H,20,27);1H,(H,2,3)/t13-,14+;/m1./s1. The molecule has 0 bridgehead atoms. The van der Waals surface area contributed by atoms with Gasteiger partial charge in [-0.2, -0.15) is 4.98 Å². The number of methoxy groups -OCH3 is 1. The molecule has 12 heteroatoms. The molecule has 0 spiro atoms. The molecular weight excluding hydrogens is 408 g/mol. The fourth-order valence-electron chi connectivity index (χ4n) is 3.77. The Kier molecular flexibility index (Phi) is 9.66. The number of hydrogen-bond donors (Lipinski definition) is 4. The summed E-state index contributed by atoms with van der Waals surface area (Å²) >= 11 is 0. The summed E-state index contributed by atoms with van der Waals surface area (Å²) < 4.78 is 6.47. The first-order valence-electron chi connectivity index (χ1n) is 10.4. The molecule has 2 atom stereocenters. The molecule has 3 rings (SSSR count). The number of carbonyl (C=O) groups is 3. The maximum atomic E-state index is 12.4. The summed E-state index contributed by atoms with van der Waals surface area (Å²) in [6.07, 6.45) is 4.75. The maximum absolute atomic E-state index is 12.4. The highest BCUT2D eigenvalue weighted by Gasteiger charge is 2.38. The lowest BCUT2D eigenvalue weighted by molar-refractivity contribution is -0.123. The first-order valence-corrected chi connectivity index (χ1v) is 10.4. The van der Waals surface area contributed by atoms with Crippen LogP contribution < -0.4 is 15.4 Å². The molecule has 1 saturated carbocycles. The quantitative estimate of drug-likeness (QED) is 0.335. The Morgan fingerprint density at radius 1 is 1.23 bits per heavy atom. The lowest BCUT2D eigenvalue weighted by atomic mass is 10.1. The summed E-state index contributed by atoms with van der Waals surface area (Å²) in [7, 11) is 3.15. The van der Waals surface area contributed by atoms with E-state index in [2.05, 4.69) is 25.6 Å². The summed E-state index contributed by atoms with van der Waals surface area (Å²) in [6, 6.07) is 0.662. The number of carboxylic acid groups (broad SMARTS) is 1. The van der Waals surface area contributed by atoms with Crippen LogP contribution in [0.3, 0.4) is 0 Å². The molecule has 1 saturated heterocycles. The van der Waals surface area contributed by atoms with Gasteiger partial charge in [-0.25, -0.2) is 4.68 Å². The van der Waals surface area contributed by atoms with Gasteiger partial charge in [0.2, 0.25) is 11.7 Å². The molecule has 1 aliphatic heterocycles. The van der Waals surface area contributed by atoms with Crippen LogP contribution in [0.1, 0.15) is 42.7 Å². The van der Waals surface area contributed by atoms with E-state index in [1.165, 1.54) is 24.6 Å². The van der Waals surface area contributed by atoms with Crippen LogP contribution in [0.5, 0.6) is 6.01 Å². The largest absolute Gasteiger partial charge is 0.483 e. The van der Waals surface area contributed by atoms with Gasteiger partial charge in [-0.15, -0.1) is 5.10 Å². The average molecular weight is 441 g/mol. The Morgan fingerprint density at radius 3 is 2.48 bits per heavy atom. The highest BCUT2D eigenvalue weighted by Crippen LogP contribution is 2.35. The second-order valence-electron chi connectivity index (χ2n) is 7.66. The Bertz CT molecular complexity index is 737. The van der Waals surface area contributed by atoms with E-state index < -0.39 is 0 Å².